The van der Waals surface area contributed by atoms with Gasteiger partial charge in [-0.25, -0.2) is 9.36 Å². The maximum absolute atomic E-state index is 13.5. The van der Waals surface area contributed by atoms with Crippen LogP contribution in [0.4, 0.5) is 5.82 Å². The lowest BCUT2D eigenvalue weighted by atomic mass is 9.76. The normalized spacial score (nSPS) is 20.5. The fraction of sp³-hybridized carbons (Fsp3) is 0.409. The number of nitrogens with two attached hydrogens (primary N) is 1. The number of hydrogen-bond donors (Lipinski definition) is 2. The van der Waals surface area contributed by atoms with E-state index in [9.17, 15) is 14.2 Å². The molecule has 1 aromatic carbocycles. The van der Waals surface area contributed by atoms with Crippen molar-refractivity contribution in [2.45, 2.75) is 45.4 Å². The molecule has 11 heteroatoms. The number of nitrogen functional groups attached to an aromatic ring is 1. The van der Waals surface area contributed by atoms with Crippen LogP contribution in [0.25, 0.3) is 0 Å². The van der Waals surface area contributed by atoms with E-state index in [0.29, 0.717) is 12.2 Å². The van der Waals surface area contributed by atoms with E-state index in [2.05, 4.69) is 16.7 Å². The lowest BCUT2D eigenvalue weighted by Gasteiger charge is -2.39. The smallest absolute Gasteiger partial charge is 0.459 e. The van der Waals surface area contributed by atoms with Crippen molar-refractivity contribution in [3.63, 3.8) is 0 Å². The van der Waals surface area contributed by atoms with Crippen LogP contribution < -0.4 is 21.0 Å². The second kappa shape index (κ2) is 10.3. The molecule has 1 heterocycles. The van der Waals surface area contributed by atoms with Gasteiger partial charge in [0.05, 0.1) is 18.8 Å². The van der Waals surface area contributed by atoms with Crippen LogP contribution in [0, 0.1) is 5.92 Å². The molecule has 4 unspecified atom stereocenters. The molecule has 1 aromatic heterocycles. The summed E-state index contributed by atoms with van der Waals surface area (Å²) in [6.07, 6.45) is 1.80. The van der Waals surface area contributed by atoms with Gasteiger partial charge in [-0.05, 0) is 51.0 Å². The number of esters is 1. The molecule has 0 bridgehead atoms. The molecule has 3 rings (SSSR count). The number of nitrogens with zero attached hydrogens (tertiary/aromatic N) is 2. The predicted molar refractivity (Wildman–Crippen MR) is 124 cm³/mol. The Morgan fingerprint density at radius 3 is 2.61 bits per heavy atom. The summed E-state index contributed by atoms with van der Waals surface area (Å²) < 4.78 is 31.5. The van der Waals surface area contributed by atoms with Gasteiger partial charge in [-0.3, -0.25) is 13.9 Å². The number of para-hydroxylation sites is 1. The van der Waals surface area contributed by atoms with Gasteiger partial charge in [-0.1, -0.05) is 24.8 Å². The summed E-state index contributed by atoms with van der Waals surface area (Å²) in [7, 11) is -3.95. The third-order valence-corrected chi connectivity index (χ3v) is 6.76. The Kier molecular flexibility index (Phi) is 7.73. The van der Waals surface area contributed by atoms with Gasteiger partial charge in [0.25, 0.3) is 0 Å². The molecule has 1 aliphatic carbocycles. The van der Waals surface area contributed by atoms with E-state index in [1.165, 1.54) is 11.5 Å². The first-order valence-electron chi connectivity index (χ1n) is 10.6. The SMILES string of the molecule is C=C1C(COP(=O)(NC(C)C(=O)OC(C)C)Oc2ccccc2)CC1n1ccc(N)nc1=O. The zero-order chi connectivity index (χ0) is 24.2. The van der Waals surface area contributed by atoms with E-state index in [1.807, 2.05) is 0 Å². The van der Waals surface area contributed by atoms with Crippen molar-refractivity contribution in [3.8, 4) is 5.75 Å². The topological polar surface area (TPSA) is 135 Å². The summed E-state index contributed by atoms with van der Waals surface area (Å²) in [5.74, 6) is -0.264. The van der Waals surface area contributed by atoms with Gasteiger partial charge in [0.15, 0.2) is 0 Å². The van der Waals surface area contributed by atoms with E-state index in [4.69, 9.17) is 19.5 Å². The third kappa shape index (κ3) is 6.31. The van der Waals surface area contributed by atoms with Crippen LogP contribution in [-0.4, -0.2) is 34.3 Å². The Morgan fingerprint density at radius 1 is 1.30 bits per heavy atom. The summed E-state index contributed by atoms with van der Waals surface area (Å²) >= 11 is 0. The highest BCUT2D eigenvalue weighted by Gasteiger charge is 2.39. The molecule has 2 aromatic rings. The van der Waals surface area contributed by atoms with E-state index >= 15 is 0 Å². The molecule has 0 radical (unpaired) electrons. The van der Waals surface area contributed by atoms with Crippen molar-refractivity contribution in [1.82, 2.24) is 14.6 Å². The molecular formula is C22H29N4O6P. The molecule has 0 spiro atoms. The van der Waals surface area contributed by atoms with Crippen molar-refractivity contribution < 1.29 is 23.1 Å². The molecule has 1 aliphatic rings. The Bertz CT molecular complexity index is 1100. The van der Waals surface area contributed by atoms with Crippen LogP contribution >= 0.6 is 7.75 Å². The molecule has 3 N–H and O–H groups in total. The van der Waals surface area contributed by atoms with Gasteiger partial charge in [-0.2, -0.15) is 10.1 Å². The summed E-state index contributed by atoms with van der Waals surface area (Å²) in [5.41, 5.74) is 5.82. The number of nitrogens with one attached hydrogen (secondary N) is 1. The highest BCUT2D eigenvalue weighted by atomic mass is 31.2. The van der Waals surface area contributed by atoms with E-state index in [0.717, 1.165) is 5.57 Å². The van der Waals surface area contributed by atoms with Crippen LogP contribution in [0.1, 0.15) is 33.2 Å². The quantitative estimate of drug-likeness (QED) is 0.301. The Balaban J connectivity index is 1.67. The second-order valence-corrected chi connectivity index (χ2v) is 9.79. The number of hydrogen-bond acceptors (Lipinski definition) is 8. The average Bonchev–Trinajstić information content (AvgIpc) is 2.74. The average molecular weight is 476 g/mol. The predicted octanol–water partition coefficient (Wildman–Crippen LogP) is 3.08. The first kappa shape index (κ1) is 24.7. The van der Waals surface area contributed by atoms with Crippen molar-refractivity contribution in [2.75, 3.05) is 12.3 Å². The van der Waals surface area contributed by atoms with Crippen molar-refractivity contribution >= 4 is 19.5 Å². The van der Waals surface area contributed by atoms with E-state index in [-0.39, 0.29) is 30.5 Å². The zero-order valence-electron chi connectivity index (χ0n) is 18.8. The number of rotatable bonds is 10. The van der Waals surface area contributed by atoms with Crippen LogP contribution in [0.5, 0.6) is 5.75 Å². The lowest BCUT2D eigenvalue weighted by Crippen LogP contribution is -2.40. The first-order chi connectivity index (χ1) is 15.6. The third-order valence-electron chi connectivity index (χ3n) is 5.12. The maximum Gasteiger partial charge on any atom is 0.459 e. The number of ether oxygens (including phenoxy) is 1. The van der Waals surface area contributed by atoms with Gasteiger partial charge >= 0.3 is 19.4 Å². The number of benzene rings is 1. The summed E-state index contributed by atoms with van der Waals surface area (Å²) in [5, 5.41) is 2.65. The standard InChI is InChI=1S/C22H29N4O6P/c1-14(2)31-21(27)16(4)25-33(29,32-18-8-6-5-7-9-18)30-13-17-12-19(15(17)3)26-11-10-20(23)24-22(26)28/h5-11,14,16-17,19H,3,12-13H2,1-2,4H3,(H,25,29)(H2,23,24,28). The number of aromatic nitrogens is 2. The second-order valence-electron chi connectivity index (χ2n) is 8.10. The molecule has 4 atom stereocenters. The van der Waals surface area contributed by atoms with Crippen molar-refractivity contribution in [1.29, 1.82) is 0 Å². The molecule has 178 valence electrons. The highest BCUT2D eigenvalue weighted by Crippen LogP contribution is 2.49. The molecular weight excluding hydrogens is 447 g/mol. The minimum atomic E-state index is -3.95. The highest BCUT2D eigenvalue weighted by molar-refractivity contribution is 7.52. The van der Waals surface area contributed by atoms with E-state index in [1.54, 1.807) is 56.4 Å². The van der Waals surface area contributed by atoms with Crippen molar-refractivity contribution in [2.24, 2.45) is 5.92 Å². The van der Waals surface area contributed by atoms with Gasteiger partial charge in [0.2, 0.25) is 0 Å². The van der Waals surface area contributed by atoms with Crippen LogP contribution in [0.3, 0.4) is 0 Å². The monoisotopic (exact) mass is 476 g/mol. The molecule has 1 fully saturated rings. The van der Waals surface area contributed by atoms with Gasteiger partial charge in [0.1, 0.15) is 17.6 Å². The molecule has 0 saturated heterocycles. The minimum Gasteiger partial charge on any atom is -0.462 e. The Hall–Kier alpha value is -2.94. The maximum atomic E-state index is 13.5. The number of anilines is 1. The number of carbonyl (C=O) groups excluding carboxylic acids is 1. The van der Waals surface area contributed by atoms with E-state index < -0.39 is 25.4 Å². The van der Waals surface area contributed by atoms with Gasteiger partial charge < -0.3 is 15.0 Å². The minimum absolute atomic E-state index is 0.0234. The van der Waals surface area contributed by atoms with Crippen molar-refractivity contribution in [3.05, 3.63) is 65.2 Å². The molecule has 1 saturated carbocycles. The fourth-order valence-electron chi connectivity index (χ4n) is 3.34. The molecule has 10 nitrogen and oxygen atoms in total. The Labute approximate surface area is 192 Å². The first-order valence-corrected chi connectivity index (χ1v) is 12.1. The number of carbonyl (C=O) groups is 1. The summed E-state index contributed by atoms with van der Waals surface area (Å²) in [4.78, 5) is 28.0. The summed E-state index contributed by atoms with van der Waals surface area (Å²) in [6.45, 7) is 9.04. The Morgan fingerprint density at radius 2 is 2.00 bits per heavy atom. The molecule has 33 heavy (non-hydrogen) atoms. The zero-order valence-corrected chi connectivity index (χ0v) is 19.7. The van der Waals surface area contributed by atoms with Crippen LogP contribution in [0.15, 0.2) is 59.5 Å². The van der Waals surface area contributed by atoms with Gasteiger partial charge in [0, 0.05) is 12.1 Å². The fourth-order valence-corrected chi connectivity index (χ4v) is 4.87. The van der Waals surface area contributed by atoms with Gasteiger partial charge in [-0.15, -0.1) is 0 Å². The van der Waals surface area contributed by atoms with Crippen LogP contribution in [-0.2, 0) is 18.6 Å². The van der Waals surface area contributed by atoms with Crippen LogP contribution in [0.2, 0.25) is 0 Å². The molecule has 0 amide bonds. The lowest BCUT2D eigenvalue weighted by molar-refractivity contribution is -0.149. The molecule has 0 aliphatic heterocycles. The largest absolute Gasteiger partial charge is 0.462 e. The summed E-state index contributed by atoms with van der Waals surface area (Å²) in [6, 6.07) is 8.88.